The van der Waals surface area contributed by atoms with Crippen LogP contribution in [-0.2, 0) is 13.0 Å². The first-order valence-electron chi connectivity index (χ1n) is 5.84. The fraction of sp³-hybridized carbons (Fsp3) is 0.385. The lowest BCUT2D eigenvalue weighted by Gasteiger charge is -2.03. The van der Waals surface area contributed by atoms with Crippen LogP contribution in [0.3, 0.4) is 0 Å². The number of hydrogen-bond donors (Lipinski definition) is 0. The van der Waals surface area contributed by atoms with Crippen molar-refractivity contribution in [2.75, 3.05) is 5.88 Å². The van der Waals surface area contributed by atoms with E-state index in [1.165, 1.54) is 0 Å². The Balaban J connectivity index is 1.88. The van der Waals surface area contributed by atoms with Crippen LogP contribution in [0.2, 0.25) is 0 Å². The average Bonchev–Trinajstić information content (AvgIpc) is 2.82. The highest BCUT2D eigenvalue weighted by molar-refractivity contribution is 6.17. The highest BCUT2D eigenvalue weighted by atomic mass is 35.5. The molecule has 0 saturated heterocycles. The van der Waals surface area contributed by atoms with E-state index in [-0.39, 0.29) is 6.61 Å². The Bertz CT molecular complexity index is 499. The molecule has 2 aromatic rings. The lowest BCUT2D eigenvalue weighted by atomic mass is 10.2. The van der Waals surface area contributed by atoms with Gasteiger partial charge in [-0.05, 0) is 31.0 Å². The molecule has 0 bridgehead atoms. The molecule has 2 rings (SSSR count). The summed E-state index contributed by atoms with van der Waals surface area (Å²) < 4.78 is 11.0. The molecule has 0 atom stereocenters. The minimum Gasteiger partial charge on any atom is -0.484 e. The maximum absolute atomic E-state index is 5.60. The quantitative estimate of drug-likeness (QED) is 0.754. The van der Waals surface area contributed by atoms with Gasteiger partial charge in [0.25, 0.3) is 5.89 Å². The van der Waals surface area contributed by atoms with Gasteiger partial charge in [-0.2, -0.15) is 0 Å². The van der Waals surface area contributed by atoms with Gasteiger partial charge >= 0.3 is 0 Å². The molecular formula is C13H15ClN2O2. The van der Waals surface area contributed by atoms with Crippen LogP contribution in [0.1, 0.15) is 23.8 Å². The lowest BCUT2D eigenvalue weighted by molar-refractivity contribution is 0.258. The third-order valence-corrected chi connectivity index (χ3v) is 2.65. The number of aromatic nitrogens is 2. The average molecular weight is 267 g/mol. The number of benzene rings is 1. The van der Waals surface area contributed by atoms with E-state index in [1.54, 1.807) is 0 Å². The largest absolute Gasteiger partial charge is 0.484 e. The summed E-state index contributed by atoms with van der Waals surface area (Å²) in [7, 11) is 0. The minimum atomic E-state index is 0.289. The van der Waals surface area contributed by atoms with Crippen LogP contribution >= 0.6 is 11.6 Å². The first-order valence-corrected chi connectivity index (χ1v) is 6.38. The van der Waals surface area contributed by atoms with E-state index in [0.29, 0.717) is 24.1 Å². The number of alkyl halides is 1. The van der Waals surface area contributed by atoms with Gasteiger partial charge in [-0.25, -0.2) is 0 Å². The molecule has 1 aromatic heterocycles. The first-order chi connectivity index (χ1) is 8.78. The molecule has 18 heavy (non-hydrogen) atoms. The molecule has 1 heterocycles. The Morgan fingerprint density at radius 1 is 1.28 bits per heavy atom. The molecule has 0 fully saturated rings. The fourth-order valence-electron chi connectivity index (χ4n) is 1.52. The van der Waals surface area contributed by atoms with Crippen molar-refractivity contribution >= 4 is 11.6 Å². The summed E-state index contributed by atoms with van der Waals surface area (Å²) in [5.41, 5.74) is 1.15. The maximum atomic E-state index is 5.60. The van der Waals surface area contributed by atoms with Crippen molar-refractivity contribution in [1.82, 2.24) is 10.2 Å². The van der Waals surface area contributed by atoms with Crippen LogP contribution in [0.4, 0.5) is 0 Å². The topological polar surface area (TPSA) is 48.2 Å². The molecular weight excluding hydrogens is 252 g/mol. The molecule has 0 N–H and O–H groups in total. The fourth-order valence-corrected chi connectivity index (χ4v) is 1.65. The van der Waals surface area contributed by atoms with E-state index in [0.717, 1.165) is 17.7 Å². The molecule has 0 spiro atoms. The summed E-state index contributed by atoms with van der Waals surface area (Å²) in [5, 5.41) is 7.85. The second-order valence-corrected chi connectivity index (χ2v) is 4.37. The van der Waals surface area contributed by atoms with Crippen LogP contribution in [-0.4, -0.2) is 16.1 Å². The number of nitrogens with zero attached hydrogens (tertiary/aromatic N) is 2. The molecule has 96 valence electrons. The Hall–Kier alpha value is -1.55. The Kier molecular flexibility index (Phi) is 4.59. The van der Waals surface area contributed by atoms with Gasteiger partial charge in [-0.3, -0.25) is 0 Å². The standard InChI is InChI=1S/C13H15ClN2O2/c1-10-4-2-5-11(8-10)17-9-13-16-15-12(18-13)6-3-7-14/h2,4-5,8H,3,6-7,9H2,1H3. The van der Waals surface area contributed by atoms with Crippen molar-refractivity contribution in [3.8, 4) is 5.75 Å². The van der Waals surface area contributed by atoms with Crippen molar-refractivity contribution in [3.05, 3.63) is 41.6 Å². The molecule has 0 radical (unpaired) electrons. The van der Waals surface area contributed by atoms with Crippen molar-refractivity contribution in [2.24, 2.45) is 0 Å². The SMILES string of the molecule is Cc1cccc(OCc2nnc(CCCCl)o2)c1. The van der Waals surface area contributed by atoms with E-state index in [2.05, 4.69) is 10.2 Å². The highest BCUT2D eigenvalue weighted by Gasteiger charge is 2.06. The third kappa shape index (κ3) is 3.74. The van der Waals surface area contributed by atoms with E-state index in [4.69, 9.17) is 20.8 Å². The van der Waals surface area contributed by atoms with Crippen LogP contribution in [0.15, 0.2) is 28.7 Å². The molecule has 5 heteroatoms. The van der Waals surface area contributed by atoms with Crippen molar-refractivity contribution in [2.45, 2.75) is 26.4 Å². The van der Waals surface area contributed by atoms with Gasteiger partial charge in [0, 0.05) is 12.3 Å². The minimum absolute atomic E-state index is 0.289. The zero-order chi connectivity index (χ0) is 12.8. The molecule has 0 aliphatic heterocycles. The van der Waals surface area contributed by atoms with Gasteiger partial charge in [0.15, 0.2) is 6.61 Å². The Morgan fingerprint density at radius 2 is 2.11 bits per heavy atom. The van der Waals surface area contributed by atoms with Gasteiger partial charge in [0.05, 0.1) is 0 Å². The van der Waals surface area contributed by atoms with Crippen LogP contribution in [0, 0.1) is 6.92 Å². The normalized spacial score (nSPS) is 10.6. The van der Waals surface area contributed by atoms with Crippen LogP contribution in [0.25, 0.3) is 0 Å². The number of hydrogen-bond acceptors (Lipinski definition) is 4. The number of halogens is 1. The van der Waals surface area contributed by atoms with E-state index in [9.17, 15) is 0 Å². The summed E-state index contributed by atoms with van der Waals surface area (Å²) in [6, 6.07) is 7.83. The second-order valence-electron chi connectivity index (χ2n) is 3.99. The highest BCUT2D eigenvalue weighted by Crippen LogP contribution is 2.14. The van der Waals surface area contributed by atoms with E-state index >= 15 is 0 Å². The third-order valence-electron chi connectivity index (χ3n) is 2.38. The van der Waals surface area contributed by atoms with Gasteiger partial charge in [0.1, 0.15) is 5.75 Å². The molecule has 0 saturated carbocycles. The van der Waals surface area contributed by atoms with E-state index in [1.807, 2.05) is 31.2 Å². The van der Waals surface area contributed by atoms with Crippen molar-refractivity contribution in [1.29, 1.82) is 0 Å². The number of ether oxygens (including phenoxy) is 1. The molecule has 1 aromatic carbocycles. The lowest BCUT2D eigenvalue weighted by Crippen LogP contribution is -1.95. The zero-order valence-electron chi connectivity index (χ0n) is 10.2. The smallest absolute Gasteiger partial charge is 0.253 e. The molecule has 0 unspecified atom stereocenters. The first kappa shape index (κ1) is 12.9. The summed E-state index contributed by atoms with van der Waals surface area (Å²) in [6.07, 6.45) is 1.54. The molecule has 0 amide bonds. The van der Waals surface area contributed by atoms with Crippen molar-refractivity contribution < 1.29 is 9.15 Å². The summed E-state index contributed by atoms with van der Waals surface area (Å²) >= 11 is 5.60. The number of rotatable bonds is 6. The Morgan fingerprint density at radius 3 is 2.89 bits per heavy atom. The maximum Gasteiger partial charge on any atom is 0.253 e. The number of aryl methyl sites for hydroxylation is 2. The zero-order valence-corrected chi connectivity index (χ0v) is 11.0. The second kappa shape index (κ2) is 6.40. The van der Waals surface area contributed by atoms with Gasteiger partial charge in [-0.15, -0.1) is 21.8 Å². The monoisotopic (exact) mass is 266 g/mol. The molecule has 0 aliphatic rings. The predicted octanol–water partition coefficient (Wildman–Crippen LogP) is 3.13. The van der Waals surface area contributed by atoms with Gasteiger partial charge in [0.2, 0.25) is 5.89 Å². The molecule has 4 nitrogen and oxygen atoms in total. The predicted molar refractivity (Wildman–Crippen MR) is 68.9 cm³/mol. The van der Waals surface area contributed by atoms with Crippen LogP contribution < -0.4 is 4.74 Å². The molecule has 0 aliphatic carbocycles. The van der Waals surface area contributed by atoms with E-state index < -0.39 is 0 Å². The summed E-state index contributed by atoms with van der Waals surface area (Å²) in [4.78, 5) is 0. The van der Waals surface area contributed by atoms with Gasteiger partial charge < -0.3 is 9.15 Å². The van der Waals surface area contributed by atoms with Crippen LogP contribution in [0.5, 0.6) is 5.75 Å². The Labute approximate surface area is 111 Å². The van der Waals surface area contributed by atoms with Gasteiger partial charge in [-0.1, -0.05) is 12.1 Å². The summed E-state index contributed by atoms with van der Waals surface area (Å²) in [6.45, 7) is 2.31. The summed E-state index contributed by atoms with van der Waals surface area (Å²) in [5.74, 6) is 2.49. The van der Waals surface area contributed by atoms with Crippen molar-refractivity contribution in [3.63, 3.8) is 0 Å².